The molecule has 1 aliphatic heterocycles. The van der Waals surface area contributed by atoms with Gasteiger partial charge in [0.05, 0.1) is 16.7 Å². The summed E-state index contributed by atoms with van der Waals surface area (Å²) >= 11 is 0. The van der Waals surface area contributed by atoms with Gasteiger partial charge in [-0.25, -0.2) is 26.3 Å². The van der Waals surface area contributed by atoms with Gasteiger partial charge in [0.2, 0.25) is 5.78 Å². The normalized spacial score (nSPS) is 21.3. The summed E-state index contributed by atoms with van der Waals surface area (Å²) in [6.07, 6.45) is 0. The lowest BCUT2D eigenvalue weighted by atomic mass is 9.76. The van der Waals surface area contributed by atoms with Crippen molar-refractivity contribution in [3.8, 4) is 0 Å². The minimum atomic E-state index is -2.13. The number of rotatable bonds is 2. The Bertz CT molecular complexity index is 935. The van der Waals surface area contributed by atoms with E-state index in [1.165, 1.54) is 0 Å². The number of epoxide rings is 1. The van der Waals surface area contributed by atoms with Gasteiger partial charge in [0.25, 0.3) is 5.60 Å². The van der Waals surface area contributed by atoms with E-state index in [0.717, 1.165) is 0 Å². The van der Waals surface area contributed by atoms with Gasteiger partial charge >= 0.3 is 0 Å². The average Bonchev–Trinajstić information content (AvgIpc) is 3.11. The van der Waals surface area contributed by atoms with Crippen molar-refractivity contribution in [1.82, 2.24) is 0 Å². The maximum atomic E-state index is 13.8. The molecule has 24 heavy (non-hydrogen) atoms. The minimum Gasteiger partial charge on any atom is -0.464 e. The highest BCUT2D eigenvalue weighted by Crippen LogP contribution is 2.65. The monoisotopic (exact) mass is 342 g/mol. The number of ketones is 1. The van der Waals surface area contributed by atoms with E-state index in [0.29, 0.717) is 24.3 Å². The molecular weight excluding hydrogens is 338 g/mol. The van der Waals surface area contributed by atoms with Crippen LogP contribution in [0.15, 0.2) is 30.0 Å². The number of carbonyl (C=O) groups is 1. The molecule has 1 unspecified atom stereocenters. The van der Waals surface area contributed by atoms with Crippen LogP contribution in [0.3, 0.4) is 0 Å². The number of fused-ring (bicyclic) bond motifs is 1. The predicted octanol–water partition coefficient (Wildman–Crippen LogP) is 3.74. The van der Waals surface area contributed by atoms with Crippen LogP contribution in [-0.4, -0.2) is 5.78 Å². The second kappa shape index (κ2) is 4.40. The van der Waals surface area contributed by atoms with E-state index in [4.69, 9.17) is 4.74 Å². The summed E-state index contributed by atoms with van der Waals surface area (Å²) in [6.45, 7) is 0. The number of hydrogen-bond acceptors (Lipinski definition) is 2. The quantitative estimate of drug-likeness (QED) is 0.615. The van der Waals surface area contributed by atoms with Crippen LogP contribution in [-0.2, 0) is 15.1 Å². The van der Waals surface area contributed by atoms with Crippen LogP contribution in [0, 0.1) is 34.9 Å². The van der Waals surface area contributed by atoms with Crippen molar-refractivity contribution in [2.24, 2.45) is 0 Å². The van der Waals surface area contributed by atoms with Crippen molar-refractivity contribution in [3.05, 3.63) is 76.1 Å². The van der Waals surface area contributed by atoms with Gasteiger partial charge < -0.3 is 4.74 Å². The zero-order valence-electron chi connectivity index (χ0n) is 11.4. The van der Waals surface area contributed by atoms with Gasteiger partial charge in [-0.15, -0.1) is 0 Å². The molecule has 1 fully saturated rings. The summed E-state index contributed by atoms with van der Waals surface area (Å²) in [7, 11) is 0. The third-order valence-electron chi connectivity index (χ3n) is 3.92. The molecule has 0 radical (unpaired) electrons. The van der Waals surface area contributed by atoms with Crippen LogP contribution < -0.4 is 0 Å². The zero-order chi connectivity index (χ0) is 17.4. The summed E-state index contributed by atoms with van der Waals surface area (Å²) in [5.41, 5.74) is -4.39. The second-order valence-corrected chi connectivity index (χ2v) is 5.31. The molecule has 1 atom stereocenters. The predicted molar refractivity (Wildman–Crippen MR) is 67.3 cm³/mol. The summed E-state index contributed by atoms with van der Waals surface area (Å²) in [5.74, 6) is -9.26. The van der Waals surface area contributed by atoms with Crippen molar-refractivity contribution >= 4 is 11.4 Å². The number of ether oxygens (including phenoxy) is 1. The van der Waals surface area contributed by atoms with Gasteiger partial charge in [-0.05, 0) is 0 Å². The maximum absolute atomic E-state index is 13.8. The largest absolute Gasteiger partial charge is 0.464 e. The molecule has 0 aromatic heterocycles. The van der Waals surface area contributed by atoms with Crippen LogP contribution in [0.5, 0.6) is 0 Å². The van der Waals surface area contributed by atoms with E-state index in [1.807, 2.05) is 0 Å². The van der Waals surface area contributed by atoms with Gasteiger partial charge in [0, 0.05) is 24.3 Å². The minimum absolute atomic E-state index is 0.346. The first kappa shape index (κ1) is 14.8. The smallest absolute Gasteiger partial charge is 0.259 e. The van der Waals surface area contributed by atoms with E-state index < -0.39 is 63.0 Å². The SMILES string of the molecule is O=C1C(c2c(F)cc(F)cc2F)=C2OC12c1c(F)cc(F)cc1F. The molecule has 0 N–H and O–H groups in total. The molecule has 1 saturated heterocycles. The Morgan fingerprint density at radius 3 is 1.67 bits per heavy atom. The molecular formula is C16H4F6O2. The van der Waals surface area contributed by atoms with Gasteiger partial charge in [0.15, 0.2) is 5.76 Å². The average molecular weight is 342 g/mol. The molecule has 1 heterocycles. The first-order valence-electron chi connectivity index (χ1n) is 6.56. The van der Waals surface area contributed by atoms with E-state index in [9.17, 15) is 31.1 Å². The number of halogens is 6. The molecule has 2 nitrogen and oxygen atoms in total. The van der Waals surface area contributed by atoms with E-state index in [2.05, 4.69) is 0 Å². The summed E-state index contributed by atoms with van der Waals surface area (Å²) in [5, 5.41) is 0. The van der Waals surface area contributed by atoms with Crippen molar-refractivity contribution < 1.29 is 35.9 Å². The standard InChI is InChI=1S/C16H4F6O2/c17-5-1-7(19)11(8(20)2-5)12-14(23)16(15(12)24-16)13-9(21)3-6(18)4-10(13)22/h1-4H. The van der Waals surface area contributed by atoms with Gasteiger partial charge in [-0.2, -0.15) is 0 Å². The third-order valence-corrected chi connectivity index (χ3v) is 3.92. The highest BCUT2D eigenvalue weighted by atomic mass is 19.2. The lowest BCUT2D eigenvalue weighted by molar-refractivity contribution is -0.119. The van der Waals surface area contributed by atoms with Gasteiger partial charge in [0.1, 0.15) is 34.9 Å². The lowest BCUT2D eigenvalue weighted by Crippen LogP contribution is -2.32. The van der Waals surface area contributed by atoms with Gasteiger partial charge in [-0.1, -0.05) is 0 Å². The van der Waals surface area contributed by atoms with Crippen molar-refractivity contribution in [3.63, 3.8) is 0 Å². The van der Waals surface area contributed by atoms with E-state index in [1.54, 1.807) is 0 Å². The van der Waals surface area contributed by atoms with Gasteiger partial charge in [-0.3, -0.25) is 4.79 Å². The number of benzene rings is 2. The lowest BCUT2D eigenvalue weighted by Gasteiger charge is -2.19. The Hall–Kier alpha value is -2.77. The summed E-state index contributed by atoms with van der Waals surface area (Å²) < 4.78 is 86.0. The highest BCUT2D eigenvalue weighted by Gasteiger charge is 2.74. The molecule has 2 aromatic rings. The Morgan fingerprint density at radius 1 is 0.750 bits per heavy atom. The topological polar surface area (TPSA) is 29.6 Å². The van der Waals surface area contributed by atoms with Crippen molar-refractivity contribution in [2.75, 3.05) is 0 Å². The fourth-order valence-electron chi connectivity index (χ4n) is 2.89. The number of Topliss-reactive ketones (excluding diaryl/α,β-unsaturated/α-hetero) is 1. The Labute approximate surface area is 130 Å². The molecule has 0 amide bonds. The molecule has 0 bridgehead atoms. The van der Waals surface area contributed by atoms with Crippen LogP contribution >= 0.6 is 0 Å². The summed E-state index contributed by atoms with van der Waals surface area (Å²) in [6, 6.07) is 1.44. The second-order valence-electron chi connectivity index (χ2n) is 5.31. The Kier molecular flexibility index (Phi) is 2.71. The highest BCUT2D eigenvalue weighted by molar-refractivity contribution is 6.36. The first-order chi connectivity index (χ1) is 11.3. The third kappa shape index (κ3) is 1.65. The van der Waals surface area contributed by atoms with Crippen LogP contribution in [0.25, 0.3) is 5.57 Å². The zero-order valence-corrected chi connectivity index (χ0v) is 11.4. The Balaban J connectivity index is 1.88. The fourth-order valence-corrected chi connectivity index (χ4v) is 2.89. The Morgan fingerprint density at radius 2 is 1.21 bits per heavy atom. The van der Waals surface area contributed by atoms with Crippen molar-refractivity contribution in [2.45, 2.75) is 5.60 Å². The van der Waals surface area contributed by atoms with Crippen LogP contribution in [0.1, 0.15) is 11.1 Å². The molecule has 0 saturated carbocycles. The number of hydrogen-bond donors (Lipinski definition) is 0. The van der Waals surface area contributed by atoms with E-state index in [-0.39, 0.29) is 5.76 Å². The van der Waals surface area contributed by atoms with E-state index >= 15 is 0 Å². The first-order valence-corrected chi connectivity index (χ1v) is 6.56. The molecule has 1 aliphatic carbocycles. The van der Waals surface area contributed by atoms with Crippen molar-refractivity contribution in [1.29, 1.82) is 0 Å². The molecule has 0 spiro atoms. The molecule has 4 rings (SSSR count). The fraction of sp³-hybridized carbons (Fsp3) is 0.0625. The molecule has 8 heteroatoms. The van der Waals surface area contributed by atoms with Crippen LogP contribution in [0.4, 0.5) is 26.3 Å². The summed E-state index contributed by atoms with van der Waals surface area (Å²) in [4.78, 5) is 12.3. The van der Waals surface area contributed by atoms with Crippen LogP contribution in [0.2, 0.25) is 0 Å². The molecule has 2 aromatic carbocycles. The maximum Gasteiger partial charge on any atom is 0.259 e. The number of carbonyl (C=O) groups excluding carboxylic acids is 1. The molecule has 122 valence electrons. The molecule has 2 aliphatic rings.